The van der Waals surface area contributed by atoms with Gasteiger partial charge in [0.25, 0.3) is 0 Å². The van der Waals surface area contributed by atoms with Crippen LogP contribution in [-0.2, 0) is 14.1 Å². The molecule has 2 rings (SSSR count). The maximum atomic E-state index is 11.7. The van der Waals surface area contributed by atoms with E-state index in [9.17, 15) is 4.79 Å². The molecule has 1 aliphatic rings. The van der Waals surface area contributed by atoms with Crippen LogP contribution in [0.2, 0.25) is 0 Å². The molecular weight excluding hydrogens is 258 g/mol. The van der Waals surface area contributed by atoms with Crippen LogP contribution in [-0.4, -0.2) is 22.2 Å². The minimum absolute atomic E-state index is 0.0513. The van der Waals surface area contributed by atoms with Gasteiger partial charge < -0.3 is 5.32 Å². The Morgan fingerprint density at radius 2 is 1.87 bits per heavy atom. The summed E-state index contributed by atoms with van der Waals surface area (Å²) in [7, 11) is 3.65. The number of aromatic nitrogens is 2. The van der Waals surface area contributed by atoms with Gasteiger partial charge in [-0.2, -0.15) is 0 Å². The average molecular weight is 274 g/mol. The van der Waals surface area contributed by atoms with Crippen molar-refractivity contribution < 1.29 is 0 Å². The minimum Gasteiger partial charge on any atom is -0.317 e. The fourth-order valence-corrected chi connectivity index (χ4v) is 3.00. The lowest BCUT2D eigenvalue weighted by Crippen LogP contribution is -2.28. The topological polar surface area (TPSA) is 39.0 Å². The third kappa shape index (κ3) is 1.78. The summed E-state index contributed by atoms with van der Waals surface area (Å²) in [6, 6.07) is 0. The molecule has 15 heavy (non-hydrogen) atoms. The van der Waals surface area contributed by atoms with E-state index in [4.69, 9.17) is 0 Å². The summed E-state index contributed by atoms with van der Waals surface area (Å²) < 4.78 is 4.36. The van der Waals surface area contributed by atoms with Crippen molar-refractivity contribution in [1.82, 2.24) is 14.5 Å². The first-order valence-electron chi connectivity index (χ1n) is 5.24. The van der Waals surface area contributed by atoms with E-state index in [0.717, 1.165) is 36.2 Å². The highest BCUT2D eigenvalue weighted by Crippen LogP contribution is 2.29. The summed E-state index contributed by atoms with van der Waals surface area (Å²) in [6.07, 6.45) is 2.21. The van der Waals surface area contributed by atoms with E-state index < -0.39 is 0 Å². The van der Waals surface area contributed by atoms with E-state index in [0.29, 0.717) is 5.92 Å². The van der Waals surface area contributed by atoms with Crippen molar-refractivity contribution in [3.63, 3.8) is 0 Å². The monoisotopic (exact) mass is 273 g/mol. The normalized spacial score (nSPS) is 18.3. The minimum atomic E-state index is 0.0513. The molecule has 0 atom stereocenters. The van der Waals surface area contributed by atoms with Gasteiger partial charge in [0, 0.05) is 20.0 Å². The molecule has 1 aliphatic heterocycles. The zero-order chi connectivity index (χ0) is 11.0. The molecule has 0 spiro atoms. The second kappa shape index (κ2) is 4.14. The molecule has 1 saturated heterocycles. The molecule has 1 aromatic rings. The van der Waals surface area contributed by atoms with Crippen LogP contribution in [0.1, 0.15) is 24.5 Å². The molecule has 0 aliphatic carbocycles. The Kier molecular flexibility index (Phi) is 3.02. The summed E-state index contributed by atoms with van der Waals surface area (Å²) >= 11 is 3.51. The Morgan fingerprint density at radius 3 is 2.33 bits per heavy atom. The molecule has 0 unspecified atom stereocenters. The van der Waals surface area contributed by atoms with Crippen molar-refractivity contribution in [3.05, 3.63) is 20.8 Å². The van der Waals surface area contributed by atoms with E-state index in [1.165, 1.54) is 0 Å². The van der Waals surface area contributed by atoms with E-state index in [1.54, 1.807) is 16.2 Å². The van der Waals surface area contributed by atoms with Gasteiger partial charge in [-0.25, -0.2) is 4.79 Å². The molecule has 0 amide bonds. The quantitative estimate of drug-likeness (QED) is 0.828. The van der Waals surface area contributed by atoms with Crippen molar-refractivity contribution in [2.24, 2.45) is 14.1 Å². The second-order valence-corrected chi connectivity index (χ2v) is 4.85. The third-order valence-corrected chi connectivity index (χ3v) is 4.11. The number of imidazole rings is 1. The summed E-state index contributed by atoms with van der Waals surface area (Å²) in [4.78, 5) is 11.7. The first kappa shape index (κ1) is 11.0. The first-order chi connectivity index (χ1) is 7.13. The molecule has 0 radical (unpaired) electrons. The standard InChI is InChI=1S/C10H16BrN3O/c1-13-8(7-3-5-12-6-4-7)9(11)14(2)10(13)15/h7,12H,3-6H2,1-2H3. The molecule has 84 valence electrons. The largest absolute Gasteiger partial charge is 0.328 e. The zero-order valence-corrected chi connectivity index (χ0v) is 10.7. The number of rotatable bonds is 1. The van der Waals surface area contributed by atoms with Gasteiger partial charge in [-0.1, -0.05) is 0 Å². The molecule has 1 fully saturated rings. The highest BCUT2D eigenvalue weighted by Gasteiger charge is 2.23. The van der Waals surface area contributed by atoms with E-state index in [-0.39, 0.29) is 5.69 Å². The molecule has 1 aromatic heterocycles. The molecule has 0 aromatic carbocycles. The number of nitrogens with one attached hydrogen (secondary N) is 1. The van der Waals surface area contributed by atoms with Gasteiger partial charge in [0.05, 0.1) is 5.69 Å². The Hall–Kier alpha value is -0.550. The van der Waals surface area contributed by atoms with E-state index in [1.807, 2.05) is 7.05 Å². The Bertz CT molecular complexity index is 415. The number of hydrogen-bond donors (Lipinski definition) is 1. The maximum Gasteiger partial charge on any atom is 0.328 e. The van der Waals surface area contributed by atoms with Gasteiger partial charge >= 0.3 is 5.69 Å². The molecule has 0 bridgehead atoms. The van der Waals surface area contributed by atoms with E-state index in [2.05, 4.69) is 21.2 Å². The van der Waals surface area contributed by atoms with Gasteiger partial charge in [-0.3, -0.25) is 9.13 Å². The van der Waals surface area contributed by atoms with Gasteiger partial charge in [-0.15, -0.1) is 0 Å². The Balaban J connectivity index is 2.42. The summed E-state index contributed by atoms with van der Waals surface area (Å²) in [5.41, 5.74) is 1.19. The van der Waals surface area contributed by atoms with Crippen molar-refractivity contribution in [2.75, 3.05) is 13.1 Å². The van der Waals surface area contributed by atoms with Crippen LogP contribution < -0.4 is 11.0 Å². The van der Waals surface area contributed by atoms with Crippen molar-refractivity contribution in [2.45, 2.75) is 18.8 Å². The summed E-state index contributed by atoms with van der Waals surface area (Å²) in [5.74, 6) is 0.500. The Morgan fingerprint density at radius 1 is 1.27 bits per heavy atom. The predicted octanol–water partition coefficient (Wildman–Crippen LogP) is 0.953. The van der Waals surface area contributed by atoms with Crippen molar-refractivity contribution in [1.29, 1.82) is 0 Å². The SMILES string of the molecule is Cn1c(Br)c(C2CCNCC2)n(C)c1=O. The second-order valence-electron chi connectivity index (χ2n) is 4.10. The van der Waals surface area contributed by atoms with Crippen LogP contribution in [0, 0.1) is 0 Å². The van der Waals surface area contributed by atoms with Crippen LogP contribution in [0.4, 0.5) is 0 Å². The number of nitrogens with zero attached hydrogens (tertiary/aromatic N) is 2. The molecule has 1 N–H and O–H groups in total. The number of halogens is 1. The highest BCUT2D eigenvalue weighted by atomic mass is 79.9. The van der Waals surface area contributed by atoms with E-state index >= 15 is 0 Å². The fraction of sp³-hybridized carbons (Fsp3) is 0.700. The van der Waals surface area contributed by atoms with Gasteiger partial charge in [0.2, 0.25) is 0 Å². The smallest absolute Gasteiger partial charge is 0.317 e. The number of piperidine rings is 1. The maximum absolute atomic E-state index is 11.7. The van der Waals surface area contributed by atoms with Crippen LogP contribution in [0.25, 0.3) is 0 Å². The average Bonchev–Trinajstić information content (AvgIpc) is 2.45. The lowest BCUT2D eigenvalue weighted by Gasteiger charge is -2.23. The van der Waals surface area contributed by atoms with Gasteiger partial charge in [-0.05, 0) is 41.9 Å². The van der Waals surface area contributed by atoms with Crippen molar-refractivity contribution in [3.8, 4) is 0 Å². The summed E-state index contributed by atoms with van der Waals surface area (Å²) in [5, 5.41) is 3.34. The van der Waals surface area contributed by atoms with Crippen LogP contribution in [0.3, 0.4) is 0 Å². The molecule has 0 saturated carbocycles. The van der Waals surface area contributed by atoms with Crippen molar-refractivity contribution >= 4 is 15.9 Å². The van der Waals surface area contributed by atoms with Crippen LogP contribution >= 0.6 is 15.9 Å². The molecule has 2 heterocycles. The van der Waals surface area contributed by atoms with Crippen LogP contribution in [0.5, 0.6) is 0 Å². The van der Waals surface area contributed by atoms with Crippen LogP contribution in [0.15, 0.2) is 9.40 Å². The number of hydrogen-bond acceptors (Lipinski definition) is 2. The molecule has 5 heteroatoms. The lowest BCUT2D eigenvalue weighted by molar-refractivity contribution is 0.443. The summed E-state index contributed by atoms with van der Waals surface area (Å²) in [6.45, 7) is 2.08. The lowest BCUT2D eigenvalue weighted by atomic mass is 9.95. The van der Waals surface area contributed by atoms with Gasteiger partial charge in [0.15, 0.2) is 0 Å². The van der Waals surface area contributed by atoms with Gasteiger partial charge in [0.1, 0.15) is 4.60 Å². The fourth-order valence-electron chi connectivity index (χ4n) is 2.26. The highest BCUT2D eigenvalue weighted by molar-refractivity contribution is 9.10. The molecular formula is C10H16BrN3O. The Labute approximate surface area is 97.4 Å². The third-order valence-electron chi connectivity index (χ3n) is 3.17. The predicted molar refractivity (Wildman–Crippen MR) is 63.2 cm³/mol. The molecule has 4 nitrogen and oxygen atoms in total. The first-order valence-corrected chi connectivity index (χ1v) is 6.04. The zero-order valence-electron chi connectivity index (χ0n) is 9.09.